The summed E-state index contributed by atoms with van der Waals surface area (Å²) in [5.74, 6) is 0.176. The van der Waals surface area contributed by atoms with Crippen molar-refractivity contribution in [2.45, 2.75) is 13.8 Å². The number of benzene rings is 1. The fourth-order valence-corrected chi connectivity index (χ4v) is 2.81. The topological polar surface area (TPSA) is 85.9 Å². The van der Waals surface area contributed by atoms with Crippen LogP contribution in [-0.2, 0) is 4.79 Å². The molecule has 0 unspecified atom stereocenters. The number of anilines is 1. The zero-order valence-electron chi connectivity index (χ0n) is 12.1. The number of amides is 1. The van der Waals surface area contributed by atoms with Crippen LogP contribution in [-0.4, -0.2) is 12.5 Å². The molecular weight excluding hydrogens is 298 g/mol. The van der Waals surface area contributed by atoms with Crippen molar-refractivity contribution in [2.24, 2.45) is 0 Å². The lowest BCUT2D eigenvalue weighted by Gasteiger charge is -2.06. The fraction of sp³-hybridized carbons (Fsp3) is 0.188. The molecule has 2 rings (SSSR count). The van der Waals surface area contributed by atoms with Crippen molar-refractivity contribution in [3.8, 4) is 17.9 Å². The number of rotatable bonds is 4. The number of ether oxygens (including phenoxy) is 1. The Morgan fingerprint density at radius 1 is 1.23 bits per heavy atom. The molecule has 0 fully saturated rings. The first-order valence-corrected chi connectivity index (χ1v) is 7.29. The summed E-state index contributed by atoms with van der Waals surface area (Å²) >= 11 is 1.37. The van der Waals surface area contributed by atoms with Crippen molar-refractivity contribution >= 4 is 22.2 Å². The summed E-state index contributed by atoms with van der Waals surface area (Å²) < 4.78 is 5.35. The molecule has 0 bridgehead atoms. The number of aryl methyl sites for hydroxylation is 1. The minimum atomic E-state index is -0.331. The Labute approximate surface area is 132 Å². The van der Waals surface area contributed by atoms with E-state index in [2.05, 4.69) is 11.4 Å². The molecule has 22 heavy (non-hydrogen) atoms. The summed E-state index contributed by atoms with van der Waals surface area (Å²) in [5, 5.41) is 21.1. The smallest absolute Gasteiger partial charge is 0.262 e. The van der Waals surface area contributed by atoms with Crippen molar-refractivity contribution in [2.75, 3.05) is 11.9 Å². The number of carbonyl (C=O) groups excluding carboxylic acids is 1. The van der Waals surface area contributed by atoms with Gasteiger partial charge in [-0.25, -0.2) is 0 Å². The SMILES string of the molecule is Cc1sc(NC(=O)COc2ccc(C#N)cc2)c(C#N)c1C. The van der Waals surface area contributed by atoms with Gasteiger partial charge in [0.1, 0.15) is 16.8 Å². The van der Waals surface area contributed by atoms with Crippen LogP contribution in [0.5, 0.6) is 5.75 Å². The minimum Gasteiger partial charge on any atom is -0.484 e. The number of thiophene rings is 1. The monoisotopic (exact) mass is 311 g/mol. The third-order valence-electron chi connectivity index (χ3n) is 3.10. The maximum atomic E-state index is 11.9. The predicted octanol–water partition coefficient (Wildman–Crippen LogP) is 3.13. The highest BCUT2D eigenvalue weighted by Crippen LogP contribution is 2.31. The zero-order chi connectivity index (χ0) is 16.1. The van der Waals surface area contributed by atoms with Crippen molar-refractivity contribution in [3.63, 3.8) is 0 Å². The van der Waals surface area contributed by atoms with Crippen molar-refractivity contribution in [1.82, 2.24) is 0 Å². The number of hydrogen-bond acceptors (Lipinski definition) is 5. The van der Waals surface area contributed by atoms with Gasteiger partial charge in [-0.3, -0.25) is 4.79 Å². The largest absolute Gasteiger partial charge is 0.484 e. The van der Waals surface area contributed by atoms with Crippen LogP contribution < -0.4 is 10.1 Å². The normalized spacial score (nSPS) is 9.64. The Hall–Kier alpha value is -2.83. The van der Waals surface area contributed by atoms with Crippen LogP contribution in [0.1, 0.15) is 21.6 Å². The number of nitriles is 2. The second kappa shape index (κ2) is 6.75. The highest BCUT2D eigenvalue weighted by atomic mass is 32.1. The summed E-state index contributed by atoms with van der Waals surface area (Å²) in [6.45, 7) is 3.60. The number of hydrogen-bond donors (Lipinski definition) is 1. The van der Waals surface area contributed by atoms with Gasteiger partial charge in [0, 0.05) is 4.88 Å². The summed E-state index contributed by atoms with van der Waals surface area (Å²) in [5.41, 5.74) is 1.91. The molecule has 6 heteroatoms. The van der Waals surface area contributed by atoms with Crippen LogP contribution >= 0.6 is 11.3 Å². The first-order valence-electron chi connectivity index (χ1n) is 6.48. The molecule has 0 saturated carbocycles. The zero-order valence-corrected chi connectivity index (χ0v) is 13.0. The second-order valence-corrected chi connectivity index (χ2v) is 5.80. The van der Waals surface area contributed by atoms with E-state index >= 15 is 0 Å². The van der Waals surface area contributed by atoms with Gasteiger partial charge in [0.25, 0.3) is 5.91 Å². The molecule has 2 aromatic rings. The third-order valence-corrected chi connectivity index (χ3v) is 4.23. The lowest BCUT2D eigenvalue weighted by Crippen LogP contribution is -2.20. The molecule has 1 aromatic heterocycles. The number of carbonyl (C=O) groups is 1. The van der Waals surface area contributed by atoms with Crippen LogP contribution in [0, 0.1) is 36.5 Å². The van der Waals surface area contributed by atoms with Gasteiger partial charge < -0.3 is 10.1 Å². The van der Waals surface area contributed by atoms with E-state index in [1.54, 1.807) is 24.3 Å². The highest BCUT2D eigenvalue weighted by Gasteiger charge is 2.14. The van der Waals surface area contributed by atoms with Crippen LogP contribution in [0.15, 0.2) is 24.3 Å². The summed E-state index contributed by atoms with van der Waals surface area (Å²) in [6, 6.07) is 10.6. The standard InChI is InChI=1S/C16H13N3O2S/c1-10-11(2)22-16(14(10)8-18)19-15(20)9-21-13-5-3-12(7-17)4-6-13/h3-6H,9H2,1-2H3,(H,19,20). The third kappa shape index (κ3) is 3.43. The van der Waals surface area contributed by atoms with Crippen molar-refractivity contribution in [3.05, 3.63) is 45.8 Å². The van der Waals surface area contributed by atoms with Crippen molar-refractivity contribution < 1.29 is 9.53 Å². The van der Waals surface area contributed by atoms with Crippen LogP contribution in [0.2, 0.25) is 0 Å². The molecule has 110 valence electrons. The molecule has 0 aliphatic carbocycles. The molecule has 1 aromatic carbocycles. The molecule has 5 nitrogen and oxygen atoms in total. The molecule has 0 spiro atoms. The molecule has 0 aliphatic rings. The van der Waals surface area contributed by atoms with E-state index in [1.807, 2.05) is 19.9 Å². The first kappa shape index (κ1) is 15.6. The fourth-order valence-electron chi connectivity index (χ4n) is 1.79. The van der Waals surface area contributed by atoms with Crippen LogP contribution in [0.25, 0.3) is 0 Å². The lowest BCUT2D eigenvalue weighted by atomic mass is 10.2. The molecule has 1 N–H and O–H groups in total. The quantitative estimate of drug-likeness (QED) is 0.940. The molecule has 0 saturated heterocycles. The minimum absolute atomic E-state index is 0.160. The highest BCUT2D eigenvalue weighted by molar-refractivity contribution is 7.16. The van der Waals surface area contributed by atoms with E-state index in [9.17, 15) is 4.79 Å². The Kier molecular flexibility index (Phi) is 4.77. The maximum absolute atomic E-state index is 11.9. The predicted molar refractivity (Wildman–Crippen MR) is 83.8 cm³/mol. The number of nitrogens with one attached hydrogen (secondary N) is 1. The Bertz CT molecular complexity index is 779. The van der Waals surface area contributed by atoms with E-state index in [4.69, 9.17) is 15.3 Å². The second-order valence-electron chi connectivity index (χ2n) is 4.57. The lowest BCUT2D eigenvalue weighted by molar-refractivity contribution is -0.118. The molecular formula is C16H13N3O2S. The average Bonchev–Trinajstić information content (AvgIpc) is 2.79. The Morgan fingerprint density at radius 2 is 1.91 bits per heavy atom. The van der Waals surface area contributed by atoms with Gasteiger partial charge in [-0.2, -0.15) is 10.5 Å². The molecule has 1 heterocycles. The van der Waals surface area contributed by atoms with Gasteiger partial charge in [0.05, 0.1) is 17.2 Å². The van der Waals surface area contributed by atoms with Gasteiger partial charge in [-0.15, -0.1) is 11.3 Å². The Morgan fingerprint density at radius 3 is 2.50 bits per heavy atom. The van der Waals surface area contributed by atoms with E-state index in [0.717, 1.165) is 10.4 Å². The van der Waals surface area contributed by atoms with E-state index in [-0.39, 0.29) is 12.5 Å². The average molecular weight is 311 g/mol. The number of nitrogens with zero attached hydrogens (tertiary/aromatic N) is 2. The van der Waals surface area contributed by atoms with Crippen LogP contribution in [0.4, 0.5) is 5.00 Å². The van der Waals surface area contributed by atoms with Crippen molar-refractivity contribution in [1.29, 1.82) is 10.5 Å². The first-order chi connectivity index (χ1) is 10.5. The van der Waals surface area contributed by atoms with E-state index in [1.165, 1.54) is 11.3 Å². The van der Waals surface area contributed by atoms with Gasteiger partial charge >= 0.3 is 0 Å². The summed E-state index contributed by atoms with van der Waals surface area (Å²) in [7, 11) is 0. The van der Waals surface area contributed by atoms with E-state index < -0.39 is 0 Å². The summed E-state index contributed by atoms with van der Waals surface area (Å²) in [6.07, 6.45) is 0. The summed E-state index contributed by atoms with van der Waals surface area (Å²) in [4.78, 5) is 12.9. The van der Waals surface area contributed by atoms with Gasteiger partial charge in [-0.05, 0) is 43.7 Å². The van der Waals surface area contributed by atoms with Gasteiger partial charge in [0.15, 0.2) is 6.61 Å². The van der Waals surface area contributed by atoms with Gasteiger partial charge in [-0.1, -0.05) is 0 Å². The molecule has 0 atom stereocenters. The van der Waals surface area contributed by atoms with E-state index in [0.29, 0.717) is 21.9 Å². The van der Waals surface area contributed by atoms with Crippen LogP contribution in [0.3, 0.4) is 0 Å². The molecule has 0 radical (unpaired) electrons. The Balaban J connectivity index is 1.97. The maximum Gasteiger partial charge on any atom is 0.262 e. The molecule has 0 aliphatic heterocycles. The molecule has 1 amide bonds. The van der Waals surface area contributed by atoms with Gasteiger partial charge in [0.2, 0.25) is 0 Å².